The van der Waals surface area contributed by atoms with Gasteiger partial charge in [0.2, 0.25) is 0 Å². The number of hydrogen-bond donors (Lipinski definition) is 1. The maximum atomic E-state index is 9.83. The van der Waals surface area contributed by atoms with Crippen LogP contribution in [0.3, 0.4) is 0 Å². The summed E-state index contributed by atoms with van der Waals surface area (Å²) in [5.41, 5.74) is 0.419. The average Bonchev–Trinajstić information content (AvgIpc) is 1.93. The first-order valence-corrected chi connectivity index (χ1v) is 5.61. The van der Waals surface area contributed by atoms with E-state index in [0.29, 0.717) is 5.41 Å². The molecule has 1 fully saturated rings. The van der Waals surface area contributed by atoms with Gasteiger partial charge in [0, 0.05) is 25.0 Å². The molecule has 14 heavy (non-hydrogen) atoms. The van der Waals surface area contributed by atoms with Crippen LogP contribution in [0.5, 0.6) is 0 Å². The molecule has 1 atom stereocenters. The van der Waals surface area contributed by atoms with Crippen molar-refractivity contribution >= 4 is 0 Å². The lowest BCUT2D eigenvalue weighted by molar-refractivity contribution is -0.0325. The van der Waals surface area contributed by atoms with E-state index >= 15 is 0 Å². The molecule has 0 aromatic rings. The molecule has 1 rings (SSSR count). The van der Waals surface area contributed by atoms with Crippen LogP contribution in [0.25, 0.3) is 0 Å². The standard InChI is InChI=1S/C12H25NO/c1-11(2,3)8-13-7-6-10(14)12(4,5)9-13/h10,14H,6-9H2,1-5H3. The zero-order valence-corrected chi connectivity index (χ0v) is 10.3. The molecule has 0 aromatic heterocycles. The summed E-state index contributed by atoms with van der Waals surface area (Å²) in [5.74, 6) is 0. The minimum atomic E-state index is -0.126. The van der Waals surface area contributed by atoms with Gasteiger partial charge in [-0.05, 0) is 11.8 Å². The normalized spacial score (nSPS) is 29.1. The lowest BCUT2D eigenvalue weighted by Crippen LogP contribution is -2.50. The first-order valence-electron chi connectivity index (χ1n) is 5.61. The lowest BCUT2D eigenvalue weighted by atomic mass is 9.80. The maximum Gasteiger partial charge on any atom is 0.0615 e. The van der Waals surface area contributed by atoms with Gasteiger partial charge in [0.05, 0.1) is 6.10 Å². The van der Waals surface area contributed by atoms with Gasteiger partial charge in [0.1, 0.15) is 0 Å². The molecule has 1 aliphatic heterocycles. The molecule has 0 spiro atoms. The van der Waals surface area contributed by atoms with Gasteiger partial charge in [-0.15, -0.1) is 0 Å². The van der Waals surface area contributed by atoms with E-state index < -0.39 is 0 Å². The summed E-state index contributed by atoms with van der Waals surface area (Å²) in [6.45, 7) is 14.3. The monoisotopic (exact) mass is 199 g/mol. The number of likely N-dealkylation sites (tertiary alicyclic amines) is 1. The quantitative estimate of drug-likeness (QED) is 0.699. The van der Waals surface area contributed by atoms with Gasteiger partial charge < -0.3 is 10.0 Å². The van der Waals surface area contributed by atoms with Gasteiger partial charge in [-0.3, -0.25) is 0 Å². The van der Waals surface area contributed by atoms with E-state index in [4.69, 9.17) is 0 Å². The van der Waals surface area contributed by atoms with Crippen LogP contribution in [0.2, 0.25) is 0 Å². The predicted molar refractivity (Wildman–Crippen MR) is 60.3 cm³/mol. The van der Waals surface area contributed by atoms with Gasteiger partial charge >= 0.3 is 0 Å². The highest BCUT2D eigenvalue weighted by Crippen LogP contribution is 2.30. The third kappa shape index (κ3) is 3.25. The zero-order chi connectivity index (χ0) is 11.0. The molecular formula is C12H25NO. The van der Waals surface area contributed by atoms with Crippen LogP contribution in [0.1, 0.15) is 41.0 Å². The molecule has 0 bridgehead atoms. The van der Waals surface area contributed by atoms with Crippen LogP contribution >= 0.6 is 0 Å². The van der Waals surface area contributed by atoms with Crippen molar-refractivity contribution in [2.45, 2.75) is 47.1 Å². The molecule has 0 aliphatic carbocycles. The fourth-order valence-electron chi connectivity index (χ4n) is 2.26. The van der Waals surface area contributed by atoms with E-state index in [0.717, 1.165) is 26.1 Å². The van der Waals surface area contributed by atoms with Crippen LogP contribution in [-0.4, -0.2) is 35.7 Å². The van der Waals surface area contributed by atoms with Crippen molar-refractivity contribution in [3.8, 4) is 0 Å². The average molecular weight is 199 g/mol. The Hall–Kier alpha value is -0.0800. The molecule has 2 nitrogen and oxygen atoms in total. The van der Waals surface area contributed by atoms with Gasteiger partial charge in [-0.25, -0.2) is 0 Å². The Bertz CT molecular complexity index is 193. The second kappa shape index (κ2) is 3.82. The first kappa shape index (κ1) is 12.0. The summed E-state index contributed by atoms with van der Waals surface area (Å²) in [4.78, 5) is 2.48. The van der Waals surface area contributed by atoms with E-state index in [9.17, 15) is 5.11 Å². The van der Waals surface area contributed by atoms with Crippen LogP contribution in [-0.2, 0) is 0 Å². The summed E-state index contributed by atoms with van der Waals surface area (Å²) in [5, 5.41) is 9.83. The number of hydrogen-bond acceptors (Lipinski definition) is 2. The molecule has 1 aliphatic rings. The fourth-order valence-corrected chi connectivity index (χ4v) is 2.26. The Kier molecular flexibility index (Phi) is 3.27. The number of piperidine rings is 1. The van der Waals surface area contributed by atoms with Crippen molar-refractivity contribution in [2.24, 2.45) is 10.8 Å². The third-order valence-corrected chi connectivity index (χ3v) is 2.95. The molecule has 1 heterocycles. The van der Waals surface area contributed by atoms with E-state index in [1.54, 1.807) is 0 Å². The molecule has 2 heteroatoms. The predicted octanol–water partition coefficient (Wildman–Crippen LogP) is 2.13. The molecule has 84 valence electrons. The SMILES string of the molecule is CC(C)(C)CN1CCC(O)C(C)(C)C1. The summed E-state index contributed by atoms with van der Waals surface area (Å²) in [7, 11) is 0. The van der Waals surface area contributed by atoms with E-state index in [1.165, 1.54) is 0 Å². The van der Waals surface area contributed by atoms with Crippen molar-refractivity contribution in [3.05, 3.63) is 0 Å². The number of nitrogens with zero attached hydrogens (tertiary/aromatic N) is 1. The Morgan fingerprint density at radius 1 is 1.36 bits per heavy atom. The largest absolute Gasteiger partial charge is 0.392 e. The van der Waals surface area contributed by atoms with Gasteiger partial charge in [0.25, 0.3) is 0 Å². The van der Waals surface area contributed by atoms with Crippen molar-refractivity contribution in [1.29, 1.82) is 0 Å². The minimum Gasteiger partial charge on any atom is -0.392 e. The highest BCUT2D eigenvalue weighted by molar-refractivity contribution is 4.88. The summed E-state index contributed by atoms with van der Waals surface area (Å²) >= 11 is 0. The second-order valence-corrected chi connectivity index (χ2v) is 6.56. The number of rotatable bonds is 1. The Morgan fingerprint density at radius 3 is 2.36 bits per heavy atom. The second-order valence-electron chi connectivity index (χ2n) is 6.56. The van der Waals surface area contributed by atoms with Gasteiger partial charge in [-0.2, -0.15) is 0 Å². The van der Waals surface area contributed by atoms with E-state index in [2.05, 4.69) is 39.5 Å². The summed E-state index contributed by atoms with van der Waals surface area (Å²) < 4.78 is 0. The molecule has 0 radical (unpaired) electrons. The Balaban J connectivity index is 2.52. The number of aliphatic hydroxyl groups excluding tert-OH is 1. The lowest BCUT2D eigenvalue weighted by Gasteiger charge is -2.43. The minimum absolute atomic E-state index is 0.0590. The Morgan fingerprint density at radius 2 is 1.93 bits per heavy atom. The fraction of sp³-hybridized carbons (Fsp3) is 1.00. The van der Waals surface area contributed by atoms with E-state index in [1.807, 2.05) is 0 Å². The van der Waals surface area contributed by atoms with Crippen molar-refractivity contribution in [1.82, 2.24) is 4.90 Å². The van der Waals surface area contributed by atoms with E-state index in [-0.39, 0.29) is 11.5 Å². The maximum absolute atomic E-state index is 9.83. The third-order valence-electron chi connectivity index (χ3n) is 2.95. The molecule has 0 aromatic carbocycles. The van der Waals surface area contributed by atoms with Crippen LogP contribution in [0.15, 0.2) is 0 Å². The Labute approximate surface area is 88.3 Å². The molecule has 0 saturated carbocycles. The smallest absolute Gasteiger partial charge is 0.0615 e. The van der Waals surface area contributed by atoms with Gasteiger partial charge in [0.15, 0.2) is 0 Å². The molecule has 1 N–H and O–H groups in total. The highest BCUT2D eigenvalue weighted by Gasteiger charge is 2.35. The molecular weight excluding hydrogens is 174 g/mol. The van der Waals surface area contributed by atoms with Crippen LogP contribution in [0.4, 0.5) is 0 Å². The summed E-state index contributed by atoms with van der Waals surface area (Å²) in [6.07, 6.45) is 0.794. The van der Waals surface area contributed by atoms with Gasteiger partial charge in [-0.1, -0.05) is 34.6 Å². The summed E-state index contributed by atoms with van der Waals surface area (Å²) in [6, 6.07) is 0. The van der Waals surface area contributed by atoms with Crippen LogP contribution < -0.4 is 0 Å². The number of aliphatic hydroxyl groups is 1. The van der Waals surface area contributed by atoms with Crippen LogP contribution in [0, 0.1) is 10.8 Å². The molecule has 1 unspecified atom stereocenters. The van der Waals surface area contributed by atoms with Crippen molar-refractivity contribution in [3.63, 3.8) is 0 Å². The first-order chi connectivity index (χ1) is 6.21. The molecule has 1 saturated heterocycles. The zero-order valence-electron chi connectivity index (χ0n) is 10.3. The molecule has 0 amide bonds. The van der Waals surface area contributed by atoms with Crippen molar-refractivity contribution < 1.29 is 5.11 Å². The topological polar surface area (TPSA) is 23.5 Å². The highest BCUT2D eigenvalue weighted by atomic mass is 16.3. The van der Waals surface area contributed by atoms with Crippen molar-refractivity contribution in [2.75, 3.05) is 19.6 Å².